The van der Waals surface area contributed by atoms with E-state index in [4.69, 9.17) is 11.0 Å². The van der Waals surface area contributed by atoms with E-state index in [2.05, 4.69) is 4.72 Å². The zero-order chi connectivity index (χ0) is 14.8. The standard InChI is InChI=1S/C13H17N3O2S2/c1-19-12-4-3-11(7-12)16-20(17,18)13-5-2-10(15)6-9(13)8-14/h2,5-6,11-12,16H,3-4,7,15H2,1H3. The number of nitriles is 1. The number of hydrogen-bond donors (Lipinski definition) is 2. The number of sulfonamides is 1. The average molecular weight is 311 g/mol. The molecule has 3 N–H and O–H groups in total. The van der Waals surface area contributed by atoms with E-state index in [1.54, 1.807) is 11.8 Å². The molecule has 1 aromatic rings. The highest BCUT2D eigenvalue weighted by atomic mass is 32.2. The van der Waals surface area contributed by atoms with Gasteiger partial charge in [0.25, 0.3) is 0 Å². The summed E-state index contributed by atoms with van der Waals surface area (Å²) in [4.78, 5) is 0.00167. The molecule has 0 radical (unpaired) electrons. The number of nitrogens with two attached hydrogens (primary N) is 1. The third-order valence-corrected chi connectivity index (χ3v) is 6.13. The normalized spacial score (nSPS) is 22.6. The Kier molecular flexibility index (Phi) is 4.58. The smallest absolute Gasteiger partial charge is 0.242 e. The summed E-state index contributed by atoms with van der Waals surface area (Å²) >= 11 is 1.76. The molecule has 5 nitrogen and oxygen atoms in total. The summed E-state index contributed by atoms with van der Waals surface area (Å²) in [6.45, 7) is 0. The lowest BCUT2D eigenvalue weighted by molar-refractivity contribution is 0.552. The monoisotopic (exact) mass is 311 g/mol. The highest BCUT2D eigenvalue weighted by molar-refractivity contribution is 7.99. The minimum atomic E-state index is -3.67. The fourth-order valence-corrected chi connectivity index (χ4v) is 4.63. The highest BCUT2D eigenvalue weighted by Crippen LogP contribution is 2.29. The number of hydrogen-bond acceptors (Lipinski definition) is 5. The van der Waals surface area contributed by atoms with Crippen LogP contribution < -0.4 is 10.5 Å². The topological polar surface area (TPSA) is 96.0 Å². The van der Waals surface area contributed by atoms with Crippen molar-refractivity contribution in [3.8, 4) is 6.07 Å². The van der Waals surface area contributed by atoms with Crippen molar-refractivity contribution in [1.29, 1.82) is 5.26 Å². The second-order valence-corrected chi connectivity index (χ2v) is 7.68. The molecule has 2 rings (SSSR count). The van der Waals surface area contributed by atoms with Crippen molar-refractivity contribution in [3.63, 3.8) is 0 Å². The Labute approximate surface area is 123 Å². The summed E-state index contributed by atoms with van der Waals surface area (Å²) in [7, 11) is -3.67. The van der Waals surface area contributed by atoms with Crippen LogP contribution in [0.2, 0.25) is 0 Å². The van der Waals surface area contributed by atoms with Crippen LogP contribution >= 0.6 is 11.8 Å². The summed E-state index contributed by atoms with van der Waals surface area (Å²) in [5.74, 6) is 0. The molecule has 1 fully saturated rings. The molecule has 1 aromatic carbocycles. The summed E-state index contributed by atoms with van der Waals surface area (Å²) in [5.41, 5.74) is 6.04. The lowest BCUT2D eigenvalue weighted by Gasteiger charge is -2.14. The van der Waals surface area contributed by atoms with Crippen molar-refractivity contribution < 1.29 is 8.42 Å². The number of thioether (sulfide) groups is 1. The molecule has 0 spiro atoms. The van der Waals surface area contributed by atoms with Crippen molar-refractivity contribution in [1.82, 2.24) is 4.72 Å². The number of nitrogens with one attached hydrogen (secondary N) is 1. The van der Waals surface area contributed by atoms with Gasteiger partial charge in [-0.2, -0.15) is 17.0 Å². The van der Waals surface area contributed by atoms with Crippen LogP contribution in [-0.4, -0.2) is 26.0 Å². The Hall–Kier alpha value is -1.23. The van der Waals surface area contributed by atoms with Crippen LogP contribution in [-0.2, 0) is 10.0 Å². The molecule has 2 atom stereocenters. The van der Waals surface area contributed by atoms with Crippen LogP contribution in [0.4, 0.5) is 5.69 Å². The molecular weight excluding hydrogens is 294 g/mol. The van der Waals surface area contributed by atoms with Crippen molar-refractivity contribution in [2.75, 3.05) is 12.0 Å². The zero-order valence-electron chi connectivity index (χ0n) is 11.2. The first-order valence-electron chi connectivity index (χ1n) is 6.31. The molecule has 0 amide bonds. The van der Waals surface area contributed by atoms with E-state index in [1.807, 2.05) is 12.3 Å². The minimum absolute atomic E-state index is 0.00167. The number of benzene rings is 1. The van der Waals surface area contributed by atoms with Crippen LogP contribution in [0.25, 0.3) is 0 Å². The van der Waals surface area contributed by atoms with Gasteiger partial charge >= 0.3 is 0 Å². The third kappa shape index (κ3) is 3.26. The Morgan fingerprint density at radius 2 is 2.20 bits per heavy atom. The molecule has 7 heteroatoms. The number of anilines is 1. The average Bonchev–Trinajstić information content (AvgIpc) is 2.85. The Morgan fingerprint density at radius 3 is 2.80 bits per heavy atom. The van der Waals surface area contributed by atoms with Crippen molar-refractivity contribution in [2.45, 2.75) is 35.4 Å². The zero-order valence-corrected chi connectivity index (χ0v) is 12.8. The van der Waals surface area contributed by atoms with Gasteiger partial charge in [-0.25, -0.2) is 13.1 Å². The van der Waals surface area contributed by atoms with E-state index in [9.17, 15) is 8.42 Å². The fourth-order valence-electron chi connectivity index (χ4n) is 2.41. The van der Waals surface area contributed by atoms with Crippen LogP contribution in [0, 0.1) is 11.3 Å². The van der Waals surface area contributed by atoms with E-state index in [-0.39, 0.29) is 16.5 Å². The predicted octanol–water partition coefficient (Wildman–Crippen LogP) is 1.70. The molecule has 1 aliphatic rings. The molecule has 2 unspecified atom stereocenters. The van der Waals surface area contributed by atoms with E-state index in [1.165, 1.54) is 18.2 Å². The molecule has 20 heavy (non-hydrogen) atoms. The second kappa shape index (κ2) is 6.04. The molecule has 0 aliphatic heterocycles. The molecule has 0 heterocycles. The number of rotatable bonds is 4. The lowest BCUT2D eigenvalue weighted by atomic mass is 10.2. The molecule has 1 aliphatic carbocycles. The van der Waals surface area contributed by atoms with Gasteiger partial charge in [-0.3, -0.25) is 0 Å². The fraction of sp³-hybridized carbons (Fsp3) is 0.462. The maximum atomic E-state index is 12.4. The predicted molar refractivity (Wildman–Crippen MR) is 80.8 cm³/mol. The quantitative estimate of drug-likeness (QED) is 0.825. The Balaban J connectivity index is 2.21. The SMILES string of the molecule is CSC1CCC(NS(=O)(=O)c2ccc(N)cc2C#N)C1. The van der Waals surface area contributed by atoms with Gasteiger partial charge in [0, 0.05) is 17.0 Å². The van der Waals surface area contributed by atoms with Gasteiger partial charge in [-0.05, 0) is 43.7 Å². The van der Waals surface area contributed by atoms with Gasteiger partial charge in [0.2, 0.25) is 10.0 Å². The van der Waals surface area contributed by atoms with Gasteiger partial charge in [0.1, 0.15) is 6.07 Å². The largest absolute Gasteiger partial charge is 0.399 e. The van der Waals surface area contributed by atoms with Crippen molar-refractivity contribution in [3.05, 3.63) is 23.8 Å². The maximum absolute atomic E-state index is 12.4. The van der Waals surface area contributed by atoms with Crippen LogP contribution in [0.1, 0.15) is 24.8 Å². The van der Waals surface area contributed by atoms with Gasteiger partial charge in [-0.15, -0.1) is 0 Å². The number of nitrogen functional groups attached to an aromatic ring is 1. The molecule has 0 saturated heterocycles. The van der Waals surface area contributed by atoms with Crippen LogP contribution in [0.3, 0.4) is 0 Å². The summed E-state index contributed by atoms with van der Waals surface area (Å²) in [6, 6.07) is 6.09. The Bertz CT molecular complexity index is 638. The van der Waals surface area contributed by atoms with Gasteiger partial charge in [0.15, 0.2) is 0 Å². The molecule has 0 bridgehead atoms. The molecular formula is C13H17N3O2S2. The second-order valence-electron chi connectivity index (χ2n) is 4.86. The van der Waals surface area contributed by atoms with E-state index in [0.717, 1.165) is 19.3 Å². The molecule has 1 saturated carbocycles. The van der Waals surface area contributed by atoms with E-state index < -0.39 is 10.0 Å². The Morgan fingerprint density at radius 1 is 1.45 bits per heavy atom. The van der Waals surface area contributed by atoms with Gasteiger partial charge < -0.3 is 5.73 Å². The summed E-state index contributed by atoms with van der Waals surface area (Å²) in [5, 5.41) is 9.55. The van der Waals surface area contributed by atoms with Gasteiger partial charge in [0.05, 0.1) is 10.5 Å². The van der Waals surface area contributed by atoms with Crippen LogP contribution in [0.15, 0.2) is 23.1 Å². The van der Waals surface area contributed by atoms with Gasteiger partial charge in [-0.1, -0.05) is 0 Å². The first-order valence-corrected chi connectivity index (χ1v) is 9.08. The number of nitrogens with zero attached hydrogens (tertiary/aromatic N) is 1. The summed E-state index contributed by atoms with van der Waals surface area (Å²) in [6.07, 6.45) is 4.72. The first-order chi connectivity index (χ1) is 9.46. The van der Waals surface area contributed by atoms with Crippen molar-refractivity contribution >= 4 is 27.5 Å². The van der Waals surface area contributed by atoms with E-state index >= 15 is 0 Å². The minimum Gasteiger partial charge on any atom is -0.399 e. The molecule has 0 aromatic heterocycles. The lowest BCUT2D eigenvalue weighted by Crippen LogP contribution is -2.33. The van der Waals surface area contributed by atoms with Crippen LogP contribution in [0.5, 0.6) is 0 Å². The van der Waals surface area contributed by atoms with E-state index in [0.29, 0.717) is 10.9 Å². The molecule has 108 valence electrons. The maximum Gasteiger partial charge on any atom is 0.242 e. The van der Waals surface area contributed by atoms with Crippen molar-refractivity contribution in [2.24, 2.45) is 0 Å². The first kappa shape index (κ1) is 15.2. The summed E-state index contributed by atoms with van der Waals surface area (Å²) < 4.78 is 27.4. The highest BCUT2D eigenvalue weighted by Gasteiger charge is 2.29. The third-order valence-electron chi connectivity index (χ3n) is 3.45.